The first kappa shape index (κ1) is 16.9. The first-order chi connectivity index (χ1) is 9.95. The number of thioether (sulfide) groups is 1. The molecule has 0 amide bonds. The highest BCUT2D eigenvalue weighted by Crippen LogP contribution is 2.27. The van der Waals surface area contributed by atoms with Crippen LogP contribution in [0.2, 0.25) is 0 Å². The fourth-order valence-electron chi connectivity index (χ4n) is 2.62. The second-order valence-electron chi connectivity index (χ2n) is 5.55. The zero-order valence-electron chi connectivity index (χ0n) is 12.8. The van der Waals surface area contributed by atoms with E-state index in [0.717, 1.165) is 4.31 Å². The summed E-state index contributed by atoms with van der Waals surface area (Å²) in [4.78, 5) is 0. The van der Waals surface area contributed by atoms with Crippen LogP contribution in [0.4, 0.5) is 0 Å². The molecule has 1 aliphatic carbocycles. The molecule has 0 saturated heterocycles. The molecular weight excluding hydrogens is 308 g/mol. The Bertz CT molecular complexity index is 554. The molecule has 0 spiro atoms. The standard InChI is InChI=1S/C14H24N2O3S2/c1-16(2)21(17,18)14-9-8-11(19-14)10-15-12-6-4-5-7-13(12)20-3/h8-9,12-13,15H,4-7,10H2,1-3H3. The molecule has 2 rings (SSSR count). The van der Waals surface area contributed by atoms with Crippen molar-refractivity contribution in [2.24, 2.45) is 0 Å². The number of hydrogen-bond donors (Lipinski definition) is 1. The number of sulfonamides is 1. The minimum absolute atomic E-state index is 0.00867. The van der Waals surface area contributed by atoms with Gasteiger partial charge < -0.3 is 9.73 Å². The number of nitrogens with zero attached hydrogens (tertiary/aromatic N) is 1. The van der Waals surface area contributed by atoms with E-state index in [1.807, 2.05) is 11.8 Å². The highest BCUT2D eigenvalue weighted by atomic mass is 32.2. The van der Waals surface area contributed by atoms with Gasteiger partial charge in [-0.25, -0.2) is 12.7 Å². The van der Waals surface area contributed by atoms with Crippen molar-refractivity contribution in [1.82, 2.24) is 9.62 Å². The third-order valence-corrected chi connectivity index (χ3v) is 6.77. The first-order valence-electron chi connectivity index (χ1n) is 7.22. The molecule has 0 radical (unpaired) electrons. The maximum absolute atomic E-state index is 12.0. The zero-order valence-corrected chi connectivity index (χ0v) is 14.5. The summed E-state index contributed by atoms with van der Waals surface area (Å²) in [5.41, 5.74) is 0. The van der Waals surface area contributed by atoms with Gasteiger partial charge >= 0.3 is 0 Å². The van der Waals surface area contributed by atoms with Crippen LogP contribution in [-0.2, 0) is 16.6 Å². The van der Waals surface area contributed by atoms with Crippen molar-refractivity contribution in [2.75, 3.05) is 20.4 Å². The van der Waals surface area contributed by atoms with Crippen LogP contribution >= 0.6 is 11.8 Å². The van der Waals surface area contributed by atoms with Crippen LogP contribution < -0.4 is 5.32 Å². The Morgan fingerprint density at radius 2 is 2.05 bits per heavy atom. The largest absolute Gasteiger partial charge is 0.447 e. The number of nitrogens with one attached hydrogen (secondary N) is 1. The van der Waals surface area contributed by atoms with E-state index in [4.69, 9.17) is 4.42 Å². The van der Waals surface area contributed by atoms with Gasteiger partial charge in [0.05, 0.1) is 6.54 Å². The van der Waals surface area contributed by atoms with E-state index >= 15 is 0 Å². The van der Waals surface area contributed by atoms with Gasteiger partial charge in [0.15, 0.2) is 0 Å². The molecule has 2 unspecified atom stereocenters. The summed E-state index contributed by atoms with van der Waals surface area (Å²) in [5, 5.41) is 4.16. The van der Waals surface area contributed by atoms with Gasteiger partial charge in [0.1, 0.15) is 5.76 Å². The molecule has 120 valence electrons. The maximum atomic E-state index is 12.0. The van der Waals surface area contributed by atoms with Crippen LogP contribution in [0, 0.1) is 0 Å². The van der Waals surface area contributed by atoms with Crippen LogP contribution in [0.15, 0.2) is 21.6 Å². The summed E-state index contributed by atoms with van der Waals surface area (Å²) in [6.45, 7) is 0.574. The first-order valence-corrected chi connectivity index (χ1v) is 9.95. The summed E-state index contributed by atoms with van der Waals surface area (Å²) in [6.07, 6.45) is 7.13. The van der Waals surface area contributed by atoms with E-state index in [0.29, 0.717) is 23.6 Å². The van der Waals surface area contributed by atoms with Crippen molar-refractivity contribution in [3.05, 3.63) is 17.9 Å². The lowest BCUT2D eigenvalue weighted by Gasteiger charge is -2.30. The van der Waals surface area contributed by atoms with E-state index in [-0.39, 0.29) is 5.09 Å². The summed E-state index contributed by atoms with van der Waals surface area (Å²) in [6, 6.07) is 3.74. The van der Waals surface area contributed by atoms with Gasteiger partial charge in [0, 0.05) is 25.4 Å². The molecule has 1 aromatic heterocycles. The van der Waals surface area contributed by atoms with Crippen molar-refractivity contribution in [1.29, 1.82) is 0 Å². The number of rotatable bonds is 6. The highest BCUT2D eigenvalue weighted by molar-refractivity contribution is 7.99. The summed E-state index contributed by atoms with van der Waals surface area (Å²) in [7, 11) is -0.478. The Morgan fingerprint density at radius 1 is 1.33 bits per heavy atom. The molecule has 0 aromatic carbocycles. The van der Waals surface area contributed by atoms with Crippen LogP contribution in [0.3, 0.4) is 0 Å². The zero-order chi connectivity index (χ0) is 15.5. The minimum Gasteiger partial charge on any atom is -0.447 e. The van der Waals surface area contributed by atoms with Crippen LogP contribution in [0.5, 0.6) is 0 Å². The SMILES string of the molecule is CSC1CCCCC1NCc1ccc(S(=O)(=O)N(C)C)o1. The van der Waals surface area contributed by atoms with Crippen molar-refractivity contribution in [3.63, 3.8) is 0 Å². The quantitative estimate of drug-likeness (QED) is 0.866. The lowest BCUT2D eigenvalue weighted by molar-refractivity contribution is 0.346. The molecule has 1 aromatic rings. The normalized spacial score (nSPS) is 23.6. The number of hydrogen-bond acceptors (Lipinski definition) is 5. The topological polar surface area (TPSA) is 62.6 Å². The molecule has 1 fully saturated rings. The number of furan rings is 1. The van der Waals surface area contributed by atoms with Gasteiger partial charge in [0.25, 0.3) is 10.0 Å². The lowest BCUT2D eigenvalue weighted by atomic mass is 9.95. The average Bonchev–Trinajstić information content (AvgIpc) is 2.94. The van der Waals surface area contributed by atoms with Crippen molar-refractivity contribution in [2.45, 2.75) is 48.6 Å². The Kier molecular flexibility index (Phi) is 5.76. The highest BCUT2D eigenvalue weighted by Gasteiger charge is 2.25. The van der Waals surface area contributed by atoms with Crippen LogP contribution in [0.25, 0.3) is 0 Å². The molecule has 1 saturated carbocycles. The van der Waals surface area contributed by atoms with E-state index in [2.05, 4.69) is 11.6 Å². The van der Waals surface area contributed by atoms with Gasteiger partial charge in [-0.2, -0.15) is 11.8 Å². The van der Waals surface area contributed by atoms with Crippen molar-refractivity contribution < 1.29 is 12.8 Å². The van der Waals surface area contributed by atoms with Gasteiger partial charge in [0.2, 0.25) is 5.09 Å². The fourth-order valence-corrected chi connectivity index (χ4v) is 4.39. The van der Waals surface area contributed by atoms with Crippen molar-refractivity contribution >= 4 is 21.8 Å². The second kappa shape index (κ2) is 7.17. The Hall–Kier alpha value is -0.500. The van der Waals surface area contributed by atoms with E-state index in [1.54, 1.807) is 6.07 Å². The molecular formula is C14H24N2O3S2. The van der Waals surface area contributed by atoms with Gasteiger partial charge in [-0.15, -0.1) is 0 Å². The predicted molar refractivity (Wildman–Crippen MR) is 86.0 cm³/mol. The molecule has 0 bridgehead atoms. The van der Waals surface area contributed by atoms with Gasteiger partial charge in [-0.05, 0) is 31.2 Å². The molecule has 21 heavy (non-hydrogen) atoms. The molecule has 0 aliphatic heterocycles. The summed E-state index contributed by atoms with van der Waals surface area (Å²) in [5.74, 6) is 0.667. The van der Waals surface area contributed by atoms with Crippen molar-refractivity contribution in [3.8, 4) is 0 Å². The Morgan fingerprint density at radius 3 is 2.71 bits per heavy atom. The molecule has 2 atom stereocenters. The Balaban J connectivity index is 1.97. The van der Waals surface area contributed by atoms with Gasteiger partial charge in [-0.1, -0.05) is 12.8 Å². The Labute approximate surface area is 131 Å². The summed E-state index contributed by atoms with van der Waals surface area (Å²) < 4.78 is 30.5. The lowest BCUT2D eigenvalue weighted by Crippen LogP contribution is -2.39. The molecule has 1 aliphatic rings. The molecule has 7 heteroatoms. The monoisotopic (exact) mass is 332 g/mol. The smallest absolute Gasteiger partial charge is 0.275 e. The maximum Gasteiger partial charge on any atom is 0.275 e. The average molecular weight is 332 g/mol. The minimum atomic E-state index is -3.48. The summed E-state index contributed by atoms with van der Waals surface area (Å²) >= 11 is 1.91. The van der Waals surface area contributed by atoms with Crippen LogP contribution in [-0.4, -0.2) is 44.4 Å². The predicted octanol–water partition coefficient (Wildman–Crippen LogP) is 2.29. The molecule has 1 N–H and O–H groups in total. The van der Waals surface area contributed by atoms with E-state index < -0.39 is 10.0 Å². The van der Waals surface area contributed by atoms with Gasteiger partial charge in [-0.3, -0.25) is 0 Å². The molecule has 5 nitrogen and oxygen atoms in total. The third kappa shape index (κ3) is 4.03. The molecule has 1 heterocycles. The fraction of sp³-hybridized carbons (Fsp3) is 0.714. The second-order valence-corrected chi connectivity index (χ2v) is 8.71. The van der Waals surface area contributed by atoms with E-state index in [1.165, 1.54) is 45.8 Å². The third-order valence-electron chi connectivity index (χ3n) is 3.92. The van der Waals surface area contributed by atoms with Crippen LogP contribution in [0.1, 0.15) is 31.4 Å². The van der Waals surface area contributed by atoms with E-state index in [9.17, 15) is 8.42 Å².